The molecule has 5 nitrogen and oxygen atoms in total. The summed E-state index contributed by atoms with van der Waals surface area (Å²) in [4.78, 5) is 11.5. The molecule has 0 spiro atoms. The molecule has 1 aliphatic heterocycles. The quantitative estimate of drug-likeness (QED) is 0.623. The summed E-state index contributed by atoms with van der Waals surface area (Å²) >= 11 is 0. The minimum atomic E-state index is -0.00192. The highest BCUT2D eigenvalue weighted by Gasteiger charge is 2.21. The molecule has 2 heterocycles. The molecule has 1 aromatic rings. The Morgan fingerprint density at radius 2 is 2.64 bits per heavy atom. The SMILES string of the molecule is O=C(NCc1ccn[nH]1)C1CCCN1. The van der Waals surface area contributed by atoms with Crippen molar-refractivity contribution in [1.29, 1.82) is 0 Å². The average Bonchev–Trinajstić information content (AvgIpc) is 2.87. The van der Waals surface area contributed by atoms with Gasteiger partial charge in [0.15, 0.2) is 0 Å². The number of nitrogens with one attached hydrogen (secondary N) is 3. The van der Waals surface area contributed by atoms with Gasteiger partial charge in [0.1, 0.15) is 0 Å². The number of hydrogen-bond acceptors (Lipinski definition) is 3. The van der Waals surface area contributed by atoms with Crippen molar-refractivity contribution in [2.75, 3.05) is 6.54 Å². The van der Waals surface area contributed by atoms with Crippen molar-refractivity contribution < 1.29 is 4.79 Å². The Morgan fingerprint density at radius 1 is 1.71 bits per heavy atom. The largest absolute Gasteiger partial charge is 0.349 e. The van der Waals surface area contributed by atoms with Crippen molar-refractivity contribution in [1.82, 2.24) is 20.8 Å². The van der Waals surface area contributed by atoms with Crippen LogP contribution < -0.4 is 10.6 Å². The van der Waals surface area contributed by atoms with Gasteiger partial charge in [-0.05, 0) is 25.5 Å². The van der Waals surface area contributed by atoms with E-state index in [0.717, 1.165) is 25.1 Å². The van der Waals surface area contributed by atoms with Crippen LogP contribution in [0.15, 0.2) is 12.3 Å². The third-order valence-corrected chi connectivity index (χ3v) is 2.39. The molecule has 1 fully saturated rings. The molecule has 76 valence electrons. The van der Waals surface area contributed by atoms with E-state index in [1.54, 1.807) is 6.20 Å². The van der Waals surface area contributed by atoms with E-state index >= 15 is 0 Å². The molecule has 0 bridgehead atoms. The van der Waals surface area contributed by atoms with Gasteiger partial charge in [-0.3, -0.25) is 9.89 Å². The number of aromatic nitrogens is 2. The number of H-pyrrole nitrogens is 1. The Hall–Kier alpha value is -1.36. The van der Waals surface area contributed by atoms with Crippen molar-refractivity contribution in [3.05, 3.63) is 18.0 Å². The van der Waals surface area contributed by atoms with Crippen LogP contribution in [-0.4, -0.2) is 28.7 Å². The average molecular weight is 194 g/mol. The molecule has 0 radical (unpaired) electrons. The molecule has 2 rings (SSSR count). The minimum absolute atomic E-state index is 0.00192. The standard InChI is InChI=1S/C9H14N4O/c14-9(8-2-1-4-10-8)11-6-7-3-5-12-13-7/h3,5,8,10H,1-2,4,6H2,(H,11,14)(H,12,13). The molecule has 1 unspecified atom stereocenters. The predicted molar refractivity (Wildman–Crippen MR) is 51.5 cm³/mol. The lowest BCUT2D eigenvalue weighted by atomic mass is 10.2. The zero-order valence-electron chi connectivity index (χ0n) is 7.92. The Balaban J connectivity index is 1.77. The zero-order valence-corrected chi connectivity index (χ0v) is 7.92. The summed E-state index contributed by atoms with van der Waals surface area (Å²) < 4.78 is 0. The molecule has 3 N–H and O–H groups in total. The number of amides is 1. The Kier molecular flexibility index (Phi) is 2.78. The maximum atomic E-state index is 11.5. The maximum Gasteiger partial charge on any atom is 0.237 e. The maximum absolute atomic E-state index is 11.5. The molecular weight excluding hydrogens is 180 g/mol. The van der Waals surface area contributed by atoms with Gasteiger partial charge in [-0.1, -0.05) is 0 Å². The summed E-state index contributed by atoms with van der Waals surface area (Å²) in [6.07, 6.45) is 3.70. The monoisotopic (exact) mass is 194 g/mol. The minimum Gasteiger partial charge on any atom is -0.349 e. The molecule has 1 amide bonds. The lowest BCUT2D eigenvalue weighted by Gasteiger charge is -2.09. The van der Waals surface area contributed by atoms with Crippen LogP contribution in [0.4, 0.5) is 0 Å². The molecular formula is C9H14N4O. The summed E-state index contributed by atoms with van der Waals surface area (Å²) in [7, 11) is 0. The molecule has 1 atom stereocenters. The lowest BCUT2D eigenvalue weighted by molar-refractivity contribution is -0.122. The third kappa shape index (κ3) is 2.11. The van der Waals surface area contributed by atoms with Gasteiger partial charge in [-0.2, -0.15) is 5.10 Å². The zero-order chi connectivity index (χ0) is 9.80. The van der Waals surface area contributed by atoms with Gasteiger partial charge in [0.25, 0.3) is 0 Å². The first-order valence-electron chi connectivity index (χ1n) is 4.85. The van der Waals surface area contributed by atoms with E-state index in [9.17, 15) is 4.79 Å². The Bertz CT molecular complexity index is 290. The van der Waals surface area contributed by atoms with Crippen LogP contribution in [0.2, 0.25) is 0 Å². The fraction of sp³-hybridized carbons (Fsp3) is 0.556. The van der Waals surface area contributed by atoms with Gasteiger partial charge in [-0.15, -0.1) is 0 Å². The van der Waals surface area contributed by atoms with E-state index < -0.39 is 0 Å². The topological polar surface area (TPSA) is 69.8 Å². The van der Waals surface area contributed by atoms with Crippen molar-refractivity contribution >= 4 is 5.91 Å². The van der Waals surface area contributed by atoms with E-state index in [-0.39, 0.29) is 11.9 Å². The first kappa shape index (κ1) is 9.21. The van der Waals surface area contributed by atoms with E-state index in [1.165, 1.54) is 0 Å². The van der Waals surface area contributed by atoms with Crippen LogP contribution in [0.3, 0.4) is 0 Å². The van der Waals surface area contributed by atoms with Gasteiger partial charge >= 0.3 is 0 Å². The third-order valence-electron chi connectivity index (χ3n) is 2.39. The second-order valence-electron chi connectivity index (χ2n) is 3.45. The number of aromatic amines is 1. The Morgan fingerprint density at radius 3 is 3.29 bits per heavy atom. The van der Waals surface area contributed by atoms with Crippen LogP contribution in [0, 0.1) is 0 Å². The number of carbonyl (C=O) groups is 1. The van der Waals surface area contributed by atoms with Crippen molar-refractivity contribution in [2.45, 2.75) is 25.4 Å². The highest BCUT2D eigenvalue weighted by Crippen LogP contribution is 2.04. The smallest absolute Gasteiger partial charge is 0.237 e. The van der Waals surface area contributed by atoms with Crippen LogP contribution in [0.1, 0.15) is 18.5 Å². The second-order valence-corrected chi connectivity index (χ2v) is 3.45. The van der Waals surface area contributed by atoms with Crippen molar-refractivity contribution in [3.8, 4) is 0 Å². The van der Waals surface area contributed by atoms with Crippen LogP contribution >= 0.6 is 0 Å². The van der Waals surface area contributed by atoms with E-state index in [0.29, 0.717) is 6.54 Å². The van der Waals surface area contributed by atoms with Gasteiger partial charge in [0.05, 0.1) is 18.3 Å². The molecule has 0 aliphatic carbocycles. The van der Waals surface area contributed by atoms with Crippen molar-refractivity contribution in [3.63, 3.8) is 0 Å². The van der Waals surface area contributed by atoms with Gasteiger partial charge < -0.3 is 10.6 Å². The van der Waals surface area contributed by atoms with Gasteiger partial charge in [0.2, 0.25) is 5.91 Å². The van der Waals surface area contributed by atoms with E-state index in [4.69, 9.17) is 0 Å². The molecule has 1 saturated heterocycles. The van der Waals surface area contributed by atoms with Crippen LogP contribution in [0.25, 0.3) is 0 Å². The highest BCUT2D eigenvalue weighted by atomic mass is 16.2. The normalized spacial score (nSPS) is 21.0. The van der Waals surface area contributed by atoms with Gasteiger partial charge in [0, 0.05) is 6.20 Å². The number of nitrogens with zero attached hydrogens (tertiary/aromatic N) is 1. The number of hydrogen-bond donors (Lipinski definition) is 3. The highest BCUT2D eigenvalue weighted by molar-refractivity contribution is 5.81. The number of carbonyl (C=O) groups excluding carboxylic acids is 1. The van der Waals surface area contributed by atoms with Gasteiger partial charge in [-0.25, -0.2) is 0 Å². The summed E-state index contributed by atoms with van der Waals surface area (Å²) in [5.74, 6) is 0.0806. The fourth-order valence-corrected chi connectivity index (χ4v) is 1.60. The van der Waals surface area contributed by atoms with Crippen LogP contribution in [-0.2, 0) is 11.3 Å². The fourth-order valence-electron chi connectivity index (χ4n) is 1.60. The second kappa shape index (κ2) is 4.23. The van der Waals surface area contributed by atoms with E-state index in [2.05, 4.69) is 20.8 Å². The molecule has 1 aliphatic rings. The summed E-state index contributed by atoms with van der Waals surface area (Å²) in [6.45, 7) is 1.47. The van der Waals surface area contributed by atoms with Crippen LogP contribution in [0.5, 0.6) is 0 Å². The molecule has 0 saturated carbocycles. The Labute approximate surface area is 82.3 Å². The molecule has 5 heteroatoms. The predicted octanol–water partition coefficient (Wildman–Crippen LogP) is -0.222. The van der Waals surface area contributed by atoms with Crippen molar-refractivity contribution in [2.24, 2.45) is 0 Å². The summed E-state index contributed by atoms with van der Waals surface area (Å²) in [6, 6.07) is 1.85. The lowest BCUT2D eigenvalue weighted by Crippen LogP contribution is -2.40. The first-order valence-corrected chi connectivity index (χ1v) is 4.85. The first-order chi connectivity index (χ1) is 6.86. The van der Waals surface area contributed by atoms with E-state index in [1.807, 2.05) is 6.07 Å². The summed E-state index contributed by atoms with van der Waals surface area (Å²) in [5, 5.41) is 12.6. The summed E-state index contributed by atoms with van der Waals surface area (Å²) in [5.41, 5.74) is 0.927. The molecule has 0 aromatic carbocycles. The molecule has 14 heavy (non-hydrogen) atoms. The molecule has 1 aromatic heterocycles. The number of rotatable bonds is 3.